The quantitative estimate of drug-likeness (QED) is 0.290. The first kappa shape index (κ1) is 23.2. The molecule has 144 valence electrons. The van der Waals surface area contributed by atoms with Crippen molar-refractivity contribution in [2.24, 2.45) is 0 Å². The first-order chi connectivity index (χ1) is 12.5. The standard InChI is InChI=1S/C17H24NO4PS3/c1-4-21-15(19)12-18(17(23-24,25-5-2)26-6-3)16(20)22-13-14-10-8-7-9-11-14/h7-11H,4-6,12-13H2,1-3H3/p+1. The van der Waals surface area contributed by atoms with Gasteiger partial charge in [-0.3, -0.25) is 4.79 Å². The fraction of sp³-hybridized carbons (Fsp3) is 0.529. The maximum Gasteiger partial charge on any atom is 0.415 e. The molecule has 0 heterocycles. The molecule has 1 unspecified atom stereocenters. The van der Waals surface area contributed by atoms with E-state index in [-0.39, 0.29) is 27.1 Å². The Hall–Kier alpha value is -0.820. The van der Waals surface area contributed by atoms with Crippen LogP contribution in [0.15, 0.2) is 30.3 Å². The summed E-state index contributed by atoms with van der Waals surface area (Å²) < 4.78 is 9.81. The molecule has 0 bridgehead atoms. The fourth-order valence-corrected chi connectivity index (χ4v) is 7.55. The number of rotatable bonds is 11. The van der Waals surface area contributed by atoms with Gasteiger partial charge < -0.3 is 9.47 Å². The van der Waals surface area contributed by atoms with Gasteiger partial charge in [-0.2, -0.15) is 0 Å². The Morgan fingerprint density at radius 2 is 1.73 bits per heavy atom. The summed E-state index contributed by atoms with van der Waals surface area (Å²) in [5.74, 6) is 1.07. The lowest BCUT2D eigenvalue weighted by Crippen LogP contribution is -2.47. The molecule has 0 spiro atoms. The second-order valence-electron chi connectivity index (χ2n) is 4.98. The fourth-order valence-electron chi connectivity index (χ4n) is 2.12. The van der Waals surface area contributed by atoms with E-state index in [1.54, 1.807) is 30.4 Å². The summed E-state index contributed by atoms with van der Waals surface area (Å²) >= 11 is 8.50. The zero-order valence-corrected chi connectivity index (χ0v) is 18.7. The van der Waals surface area contributed by atoms with Crippen LogP contribution < -0.4 is 0 Å². The van der Waals surface area contributed by atoms with Gasteiger partial charge in [-0.05, 0) is 24.0 Å². The van der Waals surface area contributed by atoms with Crippen molar-refractivity contribution in [1.29, 1.82) is 0 Å². The van der Waals surface area contributed by atoms with Gasteiger partial charge in [-0.15, -0.1) is 0 Å². The summed E-state index contributed by atoms with van der Waals surface area (Å²) in [6.07, 6.45) is -0.554. The first-order valence-corrected chi connectivity index (χ1v) is 12.4. The number of ether oxygens (including phenoxy) is 2. The SMILES string of the molecule is CCOC(=O)CN(C(=O)OCc1ccccc1)C([PH+]=S)(SCC)SCC. The van der Waals surface area contributed by atoms with E-state index in [0.29, 0.717) is 0 Å². The lowest BCUT2D eigenvalue weighted by molar-refractivity contribution is -0.144. The number of hydrogen-bond donors (Lipinski definition) is 0. The Balaban J connectivity index is 3.02. The lowest BCUT2D eigenvalue weighted by atomic mass is 10.2. The molecule has 9 heteroatoms. The van der Waals surface area contributed by atoms with Gasteiger partial charge in [0.05, 0.1) is 6.61 Å². The van der Waals surface area contributed by atoms with Crippen molar-refractivity contribution in [3.63, 3.8) is 0 Å². The van der Waals surface area contributed by atoms with Crippen LogP contribution in [-0.2, 0) is 32.7 Å². The van der Waals surface area contributed by atoms with Crippen LogP contribution in [0.5, 0.6) is 0 Å². The van der Waals surface area contributed by atoms with Gasteiger partial charge in [0.1, 0.15) is 13.2 Å². The number of amides is 1. The first-order valence-electron chi connectivity index (χ1n) is 8.34. The number of nitrogens with zero attached hydrogens (tertiary/aromatic N) is 1. The van der Waals surface area contributed by atoms with E-state index in [4.69, 9.17) is 21.3 Å². The highest BCUT2D eigenvalue weighted by Crippen LogP contribution is 2.49. The van der Waals surface area contributed by atoms with Crippen molar-refractivity contribution in [2.75, 3.05) is 24.7 Å². The molecule has 1 amide bonds. The van der Waals surface area contributed by atoms with Crippen LogP contribution in [-0.4, -0.2) is 45.6 Å². The zero-order valence-electron chi connectivity index (χ0n) is 15.2. The summed E-state index contributed by atoms with van der Waals surface area (Å²) in [5.41, 5.74) is 0.884. The van der Waals surface area contributed by atoms with Crippen molar-refractivity contribution >= 4 is 54.7 Å². The van der Waals surface area contributed by atoms with E-state index in [2.05, 4.69) is 0 Å². The predicted molar refractivity (Wildman–Crippen MR) is 115 cm³/mol. The molecular weight excluding hydrogens is 409 g/mol. The Labute approximate surface area is 170 Å². The molecule has 26 heavy (non-hydrogen) atoms. The van der Waals surface area contributed by atoms with Crippen LogP contribution >= 0.6 is 30.9 Å². The molecular formula is C17H25NO4PS3+. The number of esters is 1. The summed E-state index contributed by atoms with van der Waals surface area (Å²) in [7, 11) is 0.00504. The second-order valence-corrected chi connectivity index (χ2v) is 10.4. The zero-order chi connectivity index (χ0) is 19.4. The predicted octanol–water partition coefficient (Wildman–Crippen LogP) is 4.45. The average Bonchev–Trinajstić information content (AvgIpc) is 2.65. The van der Waals surface area contributed by atoms with Crippen molar-refractivity contribution < 1.29 is 19.1 Å². The third-order valence-corrected chi connectivity index (χ3v) is 9.36. The van der Waals surface area contributed by atoms with E-state index in [1.165, 1.54) is 4.90 Å². The average molecular weight is 435 g/mol. The maximum atomic E-state index is 12.8. The summed E-state index contributed by atoms with van der Waals surface area (Å²) in [4.78, 5) is 26.4. The molecule has 0 fully saturated rings. The van der Waals surface area contributed by atoms with Crippen molar-refractivity contribution in [2.45, 2.75) is 31.3 Å². The van der Waals surface area contributed by atoms with Gasteiger partial charge in [-0.1, -0.05) is 67.7 Å². The number of carbonyl (C=O) groups excluding carboxylic acids is 2. The number of carbonyl (C=O) groups is 2. The smallest absolute Gasteiger partial charge is 0.415 e. The molecule has 0 aliphatic rings. The van der Waals surface area contributed by atoms with Crippen molar-refractivity contribution in [3.05, 3.63) is 35.9 Å². The molecule has 0 N–H and O–H groups in total. The van der Waals surface area contributed by atoms with Gasteiger partial charge in [0.25, 0.3) is 0 Å². The van der Waals surface area contributed by atoms with Crippen LogP contribution in [0, 0.1) is 0 Å². The van der Waals surface area contributed by atoms with E-state index in [0.717, 1.165) is 17.1 Å². The molecule has 1 aromatic carbocycles. The Morgan fingerprint density at radius 3 is 2.23 bits per heavy atom. The van der Waals surface area contributed by atoms with E-state index in [1.807, 2.05) is 44.2 Å². The Bertz CT molecular complexity index is 583. The number of thioether (sulfide) groups is 2. The van der Waals surface area contributed by atoms with Crippen LogP contribution in [0.25, 0.3) is 0 Å². The van der Waals surface area contributed by atoms with Crippen LogP contribution in [0.2, 0.25) is 0 Å². The number of benzene rings is 1. The third kappa shape index (κ3) is 7.06. The van der Waals surface area contributed by atoms with Crippen LogP contribution in [0.4, 0.5) is 4.79 Å². The minimum Gasteiger partial charge on any atom is -0.465 e. The largest absolute Gasteiger partial charge is 0.465 e. The van der Waals surface area contributed by atoms with Gasteiger partial charge >= 0.3 is 16.0 Å². The van der Waals surface area contributed by atoms with E-state index < -0.39 is 16.0 Å². The maximum absolute atomic E-state index is 12.8. The molecule has 1 aromatic rings. The molecule has 0 saturated heterocycles. The van der Waals surface area contributed by atoms with Gasteiger partial charge in [0, 0.05) is 0 Å². The van der Waals surface area contributed by atoms with Crippen LogP contribution in [0.3, 0.4) is 0 Å². The Kier molecular flexibility index (Phi) is 11.2. The molecule has 0 saturated carbocycles. The lowest BCUT2D eigenvalue weighted by Gasteiger charge is -2.32. The molecule has 1 atom stereocenters. The van der Waals surface area contributed by atoms with E-state index in [9.17, 15) is 9.59 Å². The van der Waals surface area contributed by atoms with Gasteiger partial charge in [-0.25, -0.2) is 9.69 Å². The minimum atomic E-state index is -0.709. The van der Waals surface area contributed by atoms with Gasteiger partial charge in [0.2, 0.25) is 7.36 Å². The summed E-state index contributed by atoms with van der Waals surface area (Å²) in [6, 6.07) is 9.43. The minimum absolute atomic E-state index is 0.00504. The molecule has 0 aromatic heterocycles. The van der Waals surface area contributed by atoms with Crippen molar-refractivity contribution in [3.8, 4) is 0 Å². The highest BCUT2D eigenvalue weighted by molar-refractivity contribution is 8.27. The molecule has 0 aliphatic heterocycles. The highest BCUT2D eigenvalue weighted by atomic mass is 32.4. The molecule has 5 nitrogen and oxygen atoms in total. The van der Waals surface area contributed by atoms with Gasteiger partial charge in [0.15, 0.2) is 11.8 Å². The van der Waals surface area contributed by atoms with Crippen LogP contribution in [0.1, 0.15) is 26.3 Å². The topological polar surface area (TPSA) is 55.8 Å². The van der Waals surface area contributed by atoms with Crippen molar-refractivity contribution in [1.82, 2.24) is 4.90 Å². The summed E-state index contributed by atoms with van der Waals surface area (Å²) in [5, 5.41) is 0. The summed E-state index contributed by atoms with van der Waals surface area (Å²) in [6.45, 7) is 5.97. The Morgan fingerprint density at radius 1 is 1.12 bits per heavy atom. The third-order valence-electron chi connectivity index (χ3n) is 3.18. The molecule has 0 aliphatic carbocycles. The highest BCUT2D eigenvalue weighted by Gasteiger charge is 2.48. The number of hydrogen-bond acceptors (Lipinski definition) is 7. The second kappa shape index (κ2) is 12.5. The van der Waals surface area contributed by atoms with E-state index >= 15 is 0 Å². The molecule has 1 rings (SSSR count). The monoisotopic (exact) mass is 434 g/mol. The molecule has 0 radical (unpaired) electrons. The normalized spacial score (nSPS) is 11.2.